The molecule has 0 heterocycles. The molecule has 0 atom stereocenters. The van der Waals surface area contributed by atoms with Crippen LogP contribution < -0.4 is 5.32 Å². The highest BCUT2D eigenvalue weighted by molar-refractivity contribution is 9.11. The van der Waals surface area contributed by atoms with E-state index in [1.165, 1.54) is 12.1 Å². The monoisotopic (exact) mass is 405 g/mol. The van der Waals surface area contributed by atoms with E-state index in [9.17, 15) is 9.18 Å². The average molecular weight is 407 g/mol. The highest BCUT2D eigenvalue weighted by atomic mass is 79.9. The molecule has 0 radical (unpaired) electrons. The maximum absolute atomic E-state index is 12.9. The van der Waals surface area contributed by atoms with Crippen molar-refractivity contribution in [3.8, 4) is 0 Å². The topological polar surface area (TPSA) is 29.1 Å². The van der Waals surface area contributed by atoms with Crippen LogP contribution in [-0.4, -0.2) is 5.91 Å². The number of carbonyl (C=O) groups is 1. The molecule has 0 aliphatic heterocycles. The number of hydrogen-bond donors (Lipinski definition) is 1. The summed E-state index contributed by atoms with van der Waals surface area (Å²) in [5.74, 6) is -0.777. The second-order valence-corrected chi connectivity index (χ2v) is 5.88. The van der Waals surface area contributed by atoms with Gasteiger partial charge in [-0.25, -0.2) is 4.39 Å². The molecule has 0 aromatic heterocycles. The van der Waals surface area contributed by atoms with Gasteiger partial charge < -0.3 is 5.32 Å². The third-order valence-electron chi connectivity index (χ3n) is 2.36. The van der Waals surface area contributed by atoms with E-state index in [1.807, 2.05) is 0 Å². The molecule has 0 bridgehead atoms. The van der Waals surface area contributed by atoms with E-state index >= 15 is 0 Å². The molecule has 6 heteroatoms. The van der Waals surface area contributed by atoms with E-state index in [0.717, 1.165) is 10.5 Å². The zero-order valence-electron chi connectivity index (χ0n) is 9.38. The van der Waals surface area contributed by atoms with E-state index in [2.05, 4.69) is 37.2 Å². The number of hydrogen-bond acceptors (Lipinski definition) is 1. The van der Waals surface area contributed by atoms with E-state index in [1.54, 1.807) is 18.2 Å². The Morgan fingerprint density at radius 1 is 1.16 bits per heavy atom. The molecule has 2 rings (SSSR count). The molecule has 19 heavy (non-hydrogen) atoms. The molecule has 0 saturated carbocycles. The lowest BCUT2D eigenvalue weighted by atomic mass is 10.2. The summed E-state index contributed by atoms with van der Waals surface area (Å²) in [6, 6.07) is 8.99. The Morgan fingerprint density at radius 2 is 1.89 bits per heavy atom. The predicted molar refractivity (Wildman–Crippen MR) is 81.2 cm³/mol. The van der Waals surface area contributed by atoms with Gasteiger partial charge in [-0.2, -0.15) is 0 Å². The van der Waals surface area contributed by atoms with Gasteiger partial charge in [0.25, 0.3) is 5.91 Å². The number of amides is 1. The van der Waals surface area contributed by atoms with Crippen LogP contribution in [-0.2, 0) is 0 Å². The molecule has 0 spiro atoms. The quantitative estimate of drug-likeness (QED) is 0.723. The molecule has 1 amide bonds. The van der Waals surface area contributed by atoms with Crippen LogP contribution >= 0.6 is 43.5 Å². The molecule has 0 unspecified atom stereocenters. The minimum atomic E-state index is -0.451. The lowest BCUT2D eigenvalue weighted by molar-refractivity contribution is 0.102. The van der Waals surface area contributed by atoms with Gasteiger partial charge in [0.15, 0.2) is 0 Å². The van der Waals surface area contributed by atoms with Crippen molar-refractivity contribution >= 4 is 55.1 Å². The van der Waals surface area contributed by atoms with Gasteiger partial charge in [-0.1, -0.05) is 27.5 Å². The summed E-state index contributed by atoms with van der Waals surface area (Å²) < 4.78 is 14.4. The van der Waals surface area contributed by atoms with Crippen molar-refractivity contribution in [2.45, 2.75) is 0 Å². The largest absolute Gasteiger partial charge is 0.321 e. The third kappa shape index (κ3) is 3.55. The van der Waals surface area contributed by atoms with E-state index in [0.29, 0.717) is 15.7 Å². The molecule has 2 aromatic rings. The van der Waals surface area contributed by atoms with Crippen molar-refractivity contribution in [1.82, 2.24) is 0 Å². The van der Waals surface area contributed by atoms with E-state index < -0.39 is 5.82 Å². The summed E-state index contributed by atoms with van der Waals surface area (Å²) in [6.07, 6.45) is 0. The molecular formula is C13H7Br2ClFNO. The number of halogens is 4. The highest BCUT2D eigenvalue weighted by Crippen LogP contribution is 2.26. The molecule has 1 N–H and O–H groups in total. The molecule has 2 aromatic carbocycles. The zero-order valence-corrected chi connectivity index (χ0v) is 13.3. The van der Waals surface area contributed by atoms with Crippen molar-refractivity contribution in [2.75, 3.05) is 5.32 Å². The van der Waals surface area contributed by atoms with Gasteiger partial charge >= 0.3 is 0 Å². The van der Waals surface area contributed by atoms with Gasteiger partial charge in [0, 0.05) is 8.95 Å². The van der Waals surface area contributed by atoms with E-state index in [4.69, 9.17) is 11.6 Å². The van der Waals surface area contributed by atoms with Crippen LogP contribution in [0.1, 0.15) is 10.4 Å². The third-order valence-corrected chi connectivity index (χ3v) is 3.82. The first-order valence-electron chi connectivity index (χ1n) is 5.19. The van der Waals surface area contributed by atoms with Crippen molar-refractivity contribution in [1.29, 1.82) is 0 Å². The van der Waals surface area contributed by atoms with Gasteiger partial charge in [0.05, 0.1) is 16.3 Å². The molecule has 0 saturated heterocycles. The maximum Gasteiger partial charge on any atom is 0.256 e. The van der Waals surface area contributed by atoms with Crippen LogP contribution in [0, 0.1) is 5.82 Å². The number of benzene rings is 2. The first-order valence-corrected chi connectivity index (χ1v) is 7.15. The summed E-state index contributed by atoms with van der Waals surface area (Å²) in [4.78, 5) is 12.1. The minimum absolute atomic E-state index is 0.154. The summed E-state index contributed by atoms with van der Waals surface area (Å²) in [6.45, 7) is 0. The van der Waals surface area contributed by atoms with Crippen LogP contribution in [0.3, 0.4) is 0 Å². The SMILES string of the molecule is O=C(Nc1ccc(F)cc1Cl)c1ccc(Br)cc1Br. The number of carbonyl (C=O) groups excluding carboxylic acids is 1. The molecule has 0 fully saturated rings. The van der Waals surface area contributed by atoms with Crippen LogP contribution in [0.4, 0.5) is 10.1 Å². The Labute approximate surface area is 131 Å². The number of rotatable bonds is 2. The fraction of sp³-hybridized carbons (Fsp3) is 0. The van der Waals surface area contributed by atoms with Crippen molar-refractivity contribution in [3.63, 3.8) is 0 Å². The standard InChI is InChI=1S/C13H7Br2ClFNO/c14-7-1-3-9(10(15)5-7)13(19)18-12-4-2-8(17)6-11(12)16/h1-6H,(H,18,19). The van der Waals surface area contributed by atoms with Crippen LogP contribution in [0.25, 0.3) is 0 Å². The first kappa shape index (κ1) is 14.5. The van der Waals surface area contributed by atoms with Crippen molar-refractivity contribution in [2.24, 2.45) is 0 Å². The Hall–Kier alpha value is -0.910. The minimum Gasteiger partial charge on any atom is -0.321 e. The highest BCUT2D eigenvalue weighted by Gasteiger charge is 2.12. The fourth-order valence-electron chi connectivity index (χ4n) is 1.45. The maximum atomic E-state index is 12.9. The van der Waals surface area contributed by atoms with Gasteiger partial charge in [-0.3, -0.25) is 4.79 Å². The van der Waals surface area contributed by atoms with E-state index in [-0.39, 0.29) is 10.9 Å². The lowest BCUT2D eigenvalue weighted by Gasteiger charge is -2.08. The van der Waals surface area contributed by atoms with Crippen LogP contribution in [0.15, 0.2) is 45.3 Å². The van der Waals surface area contributed by atoms with Gasteiger partial charge in [-0.15, -0.1) is 0 Å². The first-order chi connectivity index (χ1) is 8.97. The molecule has 98 valence electrons. The van der Waals surface area contributed by atoms with Crippen molar-refractivity contribution in [3.05, 3.63) is 61.7 Å². The lowest BCUT2D eigenvalue weighted by Crippen LogP contribution is -2.12. The average Bonchev–Trinajstić information content (AvgIpc) is 2.32. The van der Waals surface area contributed by atoms with Crippen LogP contribution in [0.5, 0.6) is 0 Å². The molecule has 0 aliphatic rings. The molecule has 2 nitrogen and oxygen atoms in total. The Morgan fingerprint density at radius 3 is 2.53 bits per heavy atom. The van der Waals surface area contributed by atoms with Gasteiger partial charge in [0.1, 0.15) is 5.82 Å². The molecule has 0 aliphatic carbocycles. The summed E-state index contributed by atoms with van der Waals surface area (Å²) in [7, 11) is 0. The fourth-order valence-corrected chi connectivity index (χ4v) is 2.90. The Balaban J connectivity index is 2.25. The second-order valence-electron chi connectivity index (χ2n) is 3.70. The number of nitrogens with one attached hydrogen (secondary N) is 1. The van der Waals surface area contributed by atoms with Gasteiger partial charge in [-0.05, 0) is 52.3 Å². The summed E-state index contributed by atoms with van der Waals surface area (Å²) >= 11 is 12.5. The van der Waals surface area contributed by atoms with Gasteiger partial charge in [0.2, 0.25) is 0 Å². The number of anilines is 1. The van der Waals surface area contributed by atoms with Crippen LogP contribution in [0.2, 0.25) is 5.02 Å². The van der Waals surface area contributed by atoms with Crippen molar-refractivity contribution < 1.29 is 9.18 Å². The Bertz CT molecular complexity index is 649. The molecular weight excluding hydrogens is 400 g/mol. The normalized spacial score (nSPS) is 10.3. The predicted octanol–water partition coefficient (Wildman–Crippen LogP) is 5.26. The summed E-state index contributed by atoms with van der Waals surface area (Å²) in [5.41, 5.74) is 0.825. The second kappa shape index (κ2) is 6.03. The Kier molecular flexibility index (Phi) is 4.60. The smallest absolute Gasteiger partial charge is 0.256 e. The zero-order chi connectivity index (χ0) is 14.0. The summed E-state index contributed by atoms with van der Waals surface area (Å²) in [5, 5.41) is 2.79.